The smallest absolute Gasteiger partial charge is 0.307 e. The summed E-state index contributed by atoms with van der Waals surface area (Å²) < 4.78 is 4.55. The van der Waals surface area contributed by atoms with Gasteiger partial charge in [-0.2, -0.15) is 0 Å². The van der Waals surface area contributed by atoms with Crippen molar-refractivity contribution in [3.8, 4) is 0 Å². The first-order valence-electron chi connectivity index (χ1n) is 8.81. The Balaban J connectivity index is 1.87. The van der Waals surface area contributed by atoms with Crippen molar-refractivity contribution >= 4 is 17.8 Å². The van der Waals surface area contributed by atoms with Crippen molar-refractivity contribution in [2.24, 2.45) is 0 Å². The number of carbonyl (C=O) groups excluding carboxylic acids is 3. The fourth-order valence-corrected chi connectivity index (χ4v) is 3.99. The van der Waals surface area contributed by atoms with Gasteiger partial charge in [-0.15, -0.1) is 0 Å². The number of hydrogen-bond acceptors (Lipinski definition) is 5. The Kier molecular flexibility index (Phi) is 6.60. The first-order valence-corrected chi connectivity index (χ1v) is 8.81. The summed E-state index contributed by atoms with van der Waals surface area (Å²) in [7, 11) is 1.34. The van der Waals surface area contributed by atoms with E-state index >= 15 is 0 Å². The van der Waals surface area contributed by atoms with Gasteiger partial charge in [0.25, 0.3) is 0 Å². The standard InChI is InChI=1S/C17H29N3O4/c1-14(21)20-11-10-19(13-17(20)7-4-3-5-8-17)12-15(22)18-9-6-16(23)24-2/h3-13H2,1-2H3,(H,18,22). The Hall–Kier alpha value is -1.63. The van der Waals surface area contributed by atoms with Crippen molar-refractivity contribution in [1.29, 1.82) is 0 Å². The van der Waals surface area contributed by atoms with E-state index in [1.807, 2.05) is 4.90 Å². The van der Waals surface area contributed by atoms with Gasteiger partial charge in [-0.25, -0.2) is 0 Å². The molecule has 1 aliphatic carbocycles. The predicted octanol–water partition coefficient (Wildman–Crippen LogP) is 0.533. The second-order valence-electron chi connectivity index (χ2n) is 6.84. The van der Waals surface area contributed by atoms with Crippen LogP contribution in [-0.4, -0.2) is 73.0 Å². The first kappa shape index (κ1) is 18.7. The summed E-state index contributed by atoms with van der Waals surface area (Å²) in [5.41, 5.74) is -0.103. The van der Waals surface area contributed by atoms with Crippen LogP contribution in [-0.2, 0) is 19.1 Å². The molecule has 1 spiro atoms. The molecule has 0 aromatic rings. The molecule has 0 aromatic carbocycles. The summed E-state index contributed by atoms with van der Waals surface area (Å²) in [6.07, 6.45) is 5.73. The number of esters is 1. The van der Waals surface area contributed by atoms with E-state index in [-0.39, 0.29) is 29.7 Å². The molecule has 7 nitrogen and oxygen atoms in total. The van der Waals surface area contributed by atoms with Gasteiger partial charge in [-0.3, -0.25) is 19.3 Å². The number of ether oxygens (including phenoxy) is 1. The summed E-state index contributed by atoms with van der Waals surface area (Å²) in [5, 5.41) is 2.76. The zero-order chi connectivity index (χ0) is 17.6. The molecule has 136 valence electrons. The molecule has 0 atom stereocenters. The molecule has 0 radical (unpaired) electrons. The third kappa shape index (κ3) is 4.69. The van der Waals surface area contributed by atoms with E-state index in [9.17, 15) is 14.4 Å². The molecule has 1 saturated carbocycles. The lowest BCUT2D eigenvalue weighted by molar-refractivity contribution is -0.143. The maximum atomic E-state index is 12.1. The van der Waals surface area contributed by atoms with Gasteiger partial charge in [0.2, 0.25) is 11.8 Å². The molecule has 1 saturated heterocycles. The first-order chi connectivity index (χ1) is 11.5. The second-order valence-corrected chi connectivity index (χ2v) is 6.84. The number of piperazine rings is 1. The lowest BCUT2D eigenvalue weighted by Gasteiger charge is -2.52. The average Bonchev–Trinajstić information content (AvgIpc) is 2.55. The lowest BCUT2D eigenvalue weighted by Crippen LogP contribution is -2.65. The molecule has 1 N–H and O–H groups in total. The predicted molar refractivity (Wildman–Crippen MR) is 89.3 cm³/mol. The highest BCUT2D eigenvalue weighted by atomic mass is 16.5. The Labute approximate surface area is 143 Å². The number of amides is 2. The topological polar surface area (TPSA) is 79.0 Å². The molecule has 1 heterocycles. The molecular weight excluding hydrogens is 310 g/mol. The van der Waals surface area contributed by atoms with Crippen LogP contribution < -0.4 is 5.32 Å². The van der Waals surface area contributed by atoms with Crippen LogP contribution >= 0.6 is 0 Å². The van der Waals surface area contributed by atoms with Crippen LogP contribution in [0.2, 0.25) is 0 Å². The molecule has 7 heteroatoms. The van der Waals surface area contributed by atoms with Crippen molar-refractivity contribution < 1.29 is 19.1 Å². The van der Waals surface area contributed by atoms with Crippen molar-refractivity contribution in [3.63, 3.8) is 0 Å². The summed E-state index contributed by atoms with van der Waals surface area (Å²) >= 11 is 0. The van der Waals surface area contributed by atoms with Crippen LogP contribution in [0.15, 0.2) is 0 Å². The highest BCUT2D eigenvalue weighted by molar-refractivity contribution is 5.79. The van der Waals surface area contributed by atoms with E-state index in [2.05, 4.69) is 15.0 Å². The number of nitrogens with zero attached hydrogens (tertiary/aromatic N) is 2. The zero-order valence-corrected chi connectivity index (χ0v) is 14.8. The summed E-state index contributed by atoms with van der Waals surface area (Å²) in [5.74, 6) is -0.272. The van der Waals surface area contributed by atoms with E-state index in [1.165, 1.54) is 13.5 Å². The van der Waals surface area contributed by atoms with Crippen molar-refractivity contribution in [2.75, 3.05) is 39.8 Å². The third-order valence-corrected chi connectivity index (χ3v) is 5.14. The highest BCUT2D eigenvalue weighted by Gasteiger charge is 2.43. The molecule has 0 aromatic heterocycles. The van der Waals surface area contributed by atoms with E-state index in [1.54, 1.807) is 6.92 Å². The van der Waals surface area contributed by atoms with Crippen molar-refractivity contribution in [2.45, 2.75) is 51.0 Å². The van der Waals surface area contributed by atoms with E-state index in [4.69, 9.17) is 0 Å². The van der Waals surface area contributed by atoms with Gasteiger partial charge in [0.15, 0.2) is 0 Å². The second kappa shape index (κ2) is 8.46. The maximum Gasteiger partial charge on any atom is 0.307 e. The van der Waals surface area contributed by atoms with E-state index in [0.29, 0.717) is 26.2 Å². The molecule has 2 amide bonds. The summed E-state index contributed by atoms with van der Waals surface area (Å²) in [6, 6.07) is 0. The van der Waals surface area contributed by atoms with Gasteiger partial charge >= 0.3 is 5.97 Å². The lowest BCUT2D eigenvalue weighted by atomic mass is 9.78. The molecule has 0 unspecified atom stereocenters. The van der Waals surface area contributed by atoms with Crippen LogP contribution in [0.25, 0.3) is 0 Å². The number of methoxy groups -OCH3 is 1. The monoisotopic (exact) mass is 339 g/mol. The Morgan fingerprint density at radius 2 is 1.83 bits per heavy atom. The van der Waals surface area contributed by atoms with Gasteiger partial charge in [0.05, 0.1) is 25.6 Å². The van der Waals surface area contributed by atoms with E-state index < -0.39 is 0 Å². The molecule has 2 rings (SSSR count). The van der Waals surface area contributed by atoms with Crippen molar-refractivity contribution in [1.82, 2.24) is 15.1 Å². The molecule has 0 bridgehead atoms. The SMILES string of the molecule is COC(=O)CCNC(=O)CN1CCN(C(C)=O)C2(CCCCC2)C1. The Morgan fingerprint density at radius 1 is 1.12 bits per heavy atom. The van der Waals surface area contributed by atoms with Crippen LogP contribution in [0.5, 0.6) is 0 Å². The average molecular weight is 339 g/mol. The minimum absolute atomic E-state index is 0.0823. The third-order valence-electron chi connectivity index (χ3n) is 5.14. The number of rotatable bonds is 5. The van der Waals surface area contributed by atoms with Crippen LogP contribution in [0.3, 0.4) is 0 Å². The van der Waals surface area contributed by atoms with Gasteiger partial charge in [-0.05, 0) is 12.8 Å². The summed E-state index contributed by atoms with van der Waals surface area (Å²) in [4.78, 5) is 39.3. The fraction of sp³-hybridized carbons (Fsp3) is 0.824. The van der Waals surface area contributed by atoms with Crippen LogP contribution in [0.4, 0.5) is 0 Å². The maximum absolute atomic E-state index is 12.1. The van der Waals surface area contributed by atoms with Crippen LogP contribution in [0.1, 0.15) is 45.4 Å². The van der Waals surface area contributed by atoms with Crippen LogP contribution in [0, 0.1) is 0 Å². The number of nitrogens with one attached hydrogen (secondary N) is 1. The Morgan fingerprint density at radius 3 is 2.46 bits per heavy atom. The molecule has 2 aliphatic rings. The minimum atomic E-state index is -0.327. The minimum Gasteiger partial charge on any atom is -0.469 e. The number of hydrogen-bond donors (Lipinski definition) is 1. The molecule has 2 fully saturated rings. The normalized spacial score (nSPS) is 20.7. The van der Waals surface area contributed by atoms with Gasteiger partial charge < -0.3 is 15.0 Å². The zero-order valence-electron chi connectivity index (χ0n) is 14.8. The molecule has 24 heavy (non-hydrogen) atoms. The molecular formula is C17H29N3O4. The molecule has 1 aliphatic heterocycles. The fourth-order valence-electron chi connectivity index (χ4n) is 3.99. The highest BCUT2D eigenvalue weighted by Crippen LogP contribution is 2.36. The quantitative estimate of drug-likeness (QED) is 0.739. The number of carbonyl (C=O) groups is 3. The van der Waals surface area contributed by atoms with Gasteiger partial charge in [0.1, 0.15) is 0 Å². The Bertz CT molecular complexity index is 474. The summed E-state index contributed by atoms with van der Waals surface area (Å²) in [6.45, 7) is 4.41. The van der Waals surface area contributed by atoms with Gasteiger partial charge in [-0.1, -0.05) is 19.3 Å². The van der Waals surface area contributed by atoms with E-state index in [0.717, 1.165) is 32.2 Å². The largest absolute Gasteiger partial charge is 0.469 e. The van der Waals surface area contributed by atoms with Gasteiger partial charge in [0, 0.05) is 33.1 Å². The van der Waals surface area contributed by atoms with Crippen molar-refractivity contribution in [3.05, 3.63) is 0 Å².